The molecule has 1 aliphatic heterocycles. The molecule has 0 radical (unpaired) electrons. The number of piperidine rings is 1. The van der Waals surface area contributed by atoms with Crippen molar-refractivity contribution < 1.29 is 4.79 Å². The summed E-state index contributed by atoms with van der Waals surface area (Å²) in [6.07, 6.45) is 4.03. The number of carbonyl (C=O) groups is 1. The molecule has 2 aromatic heterocycles. The van der Waals surface area contributed by atoms with Crippen LogP contribution in [0.4, 0.5) is 0 Å². The lowest BCUT2D eigenvalue weighted by molar-refractivity contribution is 0.0930. The SMILES string of the molecule is CCc1cc2nc(-c3n[nH]c(C)c3C(=O)NC3CCCNC3)[nH]c2cc1CC. The van der Waals surface area contributed by atoms with Crippen LogP contribution < -0.4 is 10.6 Å². The van der Waals surface area contributed by atoms with E-state index >= 15 is 0 Å². The first kappa shape index (κ1) is 18.7. The molecule has 148 valence electrons. The van der Waals surface area contributed by atoms with Gasteiger partial charge in [0.25, 0.3) is 5.91 Å². The zero-order chi connectivity index (χ0) is 19.7. The Morgan fingerprint density at radius 3 is 2.75 bits per heavy atom. The third-order valence-corrected chi connectivity index (χ3v) is 5.60. The molecule has 1 aliphatic rings. The minimum Gasteiger partial charge on any atom is -0.348 e. The molecule has 0 saturated carbocycles. The summed E-state index contributed by atoms with van der Waals surface area (Å²) < 4.78 is 0. The second kappa shape index (κ2) is 7.75. The van der Waals surface area contributed by atoms with Crippen molar-refractivity contribution in [1.29, 1.82) is 0 Å². The minimum absolute atomic E-state index is 0.0982. The van der Waals surface area contributed by atoms with Crippen LogP contribution in [0.3, 0.4) is 0 Å². The maximum Gasteiger partial charge on any atom is 0.255 e. The highest BCUT2D eigenvalue weighted by atomic mass is 16.1. The van der Waals surface area contributed by atoms with Gasteiger partial charge in [-0.25, -0.2) is 4.98 Å². The molecule has 7 heteroatoms. The van der Waals surface area contributed by atoms with E-state index in [1.165, 1.54) is 11.1 Å². The summed E-state index contributed by atoms with van der Waals surface area (Å²) >= 11 is 0. The number of rotatable bonds is 5. The van der Waals surface area contributed by atoms with E-state index in [9.17, 15) is 4.79 Å². The van der Waals surface area contributed by atoms with E-state index in [0.29, 0.717) is 17.1 Å². The van der Waals surface area contributed by atoms with E-state index in [1.54, 1.807) is 0 Å². The number of aromatic nitrogens is 4. The summed E-state index contributed by atoms with van der Waals surface area (Å²) in [5, 5.41) is 13.8. The molecule has 1 aromatic carbocycles. The van der Waals surface area contributed by atoms with Crippen LogP contribution in [-0.2, 0) is 12.8 Å². The number of hydrogen-bond acceptors (Lipinski definition) is 4. The van der Waals surface area contributed by atoms with Gasteiger partial charge >= 0.3 is 0 Å². The number of nitrogens with zero attached hydrogens (tertiary/aromatic N) is 2. The second-order valence-electron chi connectivity index (χ2n) is 7.52. The molecule has 28 heavy (non-hydrogen) atoms. The molecule has 0 aliphatic carbocycles. The van der Waals surface area contributed by atoms with Gasteiger partial charge in [-0.1, -0.05) is 13.8 Å². The van der Waals surface area contributed by atoms with Crippen LogP contribution in [0.5, 0.6) is 0 Å². The Hall–Kier alpha value is -2.67. The summed E-state index contributed by atoms with van der Waals surface area (Å²) in [6.45, 7) is 8.02. The van der Waals surface area contributed by atoms with Crippen molar-refractivity contribution in [2.75, 3.05) is 13.1 Å². The first-order chi connectivity index (χ1) is 13.6. The third-order valence-electron chi connectivity index (χ3n) is 5.60. The zero-order valence-electron chi connectivity index (χ0n) is 16.8. The quantitative estimate of drug-likeness (QED) is 0.547. The molecule has 3 heterocycles. The third kappa shape index (κ3) is 3.42. The van der Waals surface area contributed by atoms with E-state index in [2.05, 4.69) is 51.8 Å². The Bertz CT molecular complexity index is 955. The van der Waals surface area contributed by atoms with Crippen molar-refractivity contribution in [2.24, 2.45) is 0 Å². The molecule has 3 aromatic rings. The number of amides is 1. The predicted octanol–water partition coefficient (Wildman–Crippen LogP) is 2.87. The zero-order valence-corrected chi connectivity index (χ0v) is 16.8. The highest BCUT2D eigenvalue weighted by Crippen LogP contribution is 2.26. The molecule has 1 atom stereocenters. The lowest BCUT2D eigenvalue weighted by atomic mass is 10.0. The lowest BCUT2D eigenvalue weighted by Gasteiger charge is -2.23. The van der Waals surface area contributed by atoms with Crippen LogP contribution in [-0.4, -0.2) is 45.2 Å². The average Bonchev–Trinajstić information content (AvgIpc) is 3.30. The fourth-order valence-electron chi connectivity index (χ4n) is 4.03. The molecule has 1 saturated heterocycles. The van der Waals surface area contributed by atoms with Gasteiger partial charge in [-0.15, -0.1) is 0 Å². The van der Waals surface area contributed by atoms with Gasteiger partial charge in [-0.2, -0.15) is 5.10 Å². The van der Waals surface area contributed by atoms with Crippen LogP contribution >= 0.6 is 0 Å². The molecule has 4 rings (SSSR count). The average molecular weight is 380 g/mol. The molecular weight excluding hydrogens is 352 g/mol. The first-order valence-electron chi connectivity index (χ1n) is 10.2. The summed E-state index contributed by atoms with van der Waals surface area (Å²) in [4.78, 5) is 21.1. The van der Waals surface area contributed by atoms with Gasteiger partial charge in [0.2, 0.25) is 0 Å². The summed E-state index contributed by atoms with van der Waals surface area (Å²) in [6, 6.07) is 4.46. The topological polar surface area (TPSA) is 98.5 Å². The molecule has 7 nitrogen and oxygen atoms in total. The predicted molar refractivity (Wildman–Crippen MR) is 111 cm³/mol. The number of imidazole rings is 1. The van der Waals surface area contributed by atoms with Gasteiger partial charge in [-0.3, -0.25) is 9.89 Å². The Kier molecular flexibility index (Phi) is 5.17. The lowest BCUT2D eigenvalue weighted by Crippen LogP contribution is -2.45. The maximum absolute atomic E-state index is 13.0. The number of H-pyrrole nitrogens is 2. The number of fused-ring (bicyclic) bond motifs is 1. The monoisotopic (exact) mass is 380 g/mol. The van der Waals surface area contributed by atoms with Crippen LogP contribution in [0.25, 0.3) is 22.6 Å². The first-order valence-corrected chi connectivity index (χ1v) is 10.2. The highest BCUT2D eigenvalue weighted by Gasteiger charge is 2.24. The van der Waals surface area contributed by atoms with Crippen molar-refractivity contribution in [1.82, 2.24) is 30.8 Å². The Labute approximate surface area is 164 Å². The smallest absolute Gasteiger partial charge is 0.255 e. The molecule has 1 fully saturated rings. The molecule has 1 unspecified atom stereocenters. The van der Waals surface area contributed by atoms with E-state index in [4.69, 9.17) is 4.98 Å². The normalized spacial score (nSPS) is 17.2. The summed E-state index contributed by atoms with van der Waals surface area (Å²) in [5.74, 6) is 0.528. The van der Waals surface area contributed by atoms with Crippen LogP contribution in [0.15, 0.2) is 12.1 Å². The number of aromatic amines is 2. The maximum atomic E-state index is 13.0. The van der Waals surface area contributed by atoms with Gasteiger partial charge in [-0.05, 0) is 62.4 Å². The van der Waals surface area contributed by atoms with Crippen molar-refractivity contribution in [3.8, 4) is 11.5 Å². The van der Waals surface area contributed by atoms with Gasteiger partial charge < -0.3 is 15.6 Å². The summed E-state index contributed by atoms with van der Waals surface area (Å²) in [5.41, 5.74) is 6.42. The fourth-order valence-corrected chi connectivity index (χ4v) is 4.03. The molecule has 1 amide bonds. The number of aryl methyl sites for hydroxylation is 3. The molecule has 0 bridgehead atoms. The Morgan fingerprint density at radius 2 is 2.04 bits per heavy atom. The largest absolute Gasteiger partial charge is 0.348 e. The highest BCUT2D eigenvalue weighted by molar-refractivity contribution is 6.01. The molecule has 4 N–H and O–H groups in total. The van der Waals surface area contributed by atoms with E-state index in [-0.39, 0.29) is 11.9 Å². The van der Waals surface area contributed by atoms with E-state index in [0.717, 1.165) is 55.5 Å². The van der Waals surface area contributed by atoms with Crippen LogP contribution in [0, 0.1) is 6.92 Å². The summed E-state index contributed by atoms with van der Waals surface area (Å²) in [7, 11) is 0. The number of hydrogen-bond donors (Lipinski definition) is 4. The van der Waals surface area contributed by atoms with Crippen LogP contribution in [0.1, 0.15) is 53.9 Å². The minimum atomic E-state index is -0.0982. The molecular formula is C21H28N6O. The van der Waals surface area contributed by atoms with Crippen molar-refractivity contribution in [3.05, 3.63) is 34.5 Å². The number of nitrogens with one attached hydrogen (secondary N) is 4. The number of carbonyl (C=O) groups excluding carboxylic acids is 1. The van der Waals surface area contributed by atoms with Crippen molar-refractivity contribution >= 4 is 16.9 Å². The van der Waals surface area contributed by atoms with Crippen molar-refractivity contribution in [2.45, 2.75) is 52.5 Å². The fraction of sp³-hybridized carbons (Fsp3) is 0.476. The van der Waals surface area contributed by atoms with Gasteiger partial charge in [0, 0.05) is 18.3 Å². The van der Waals surface area contributed by atoms with Gasteiger partial charge in [0.1, 0.15) is 5.69 Å². The van der Waals surface area contributed by atoms with Gasteiger partial charge in [0.15, 0.2) is 5.82 Å². The Morgan fingerprint density at radius 1 is 1.25 bits per heavy atom. The second-order valence-corrected chi connectivity index (χ2v) is 7.52. The van der Waals surface area contributed by atoms with E-state index < -0.39 is 0 Å². The van der Waals surface area contributed by atoms with Crippen LogP contribution in [0.2, 0.25) is 0 Å². The van der Waals surface area contributed by atoms with E-state index in [1.807, 2.05) is 6.92 Å². The van der Waals surface area contributed by atoms with Gasteiger partial charge in [0.05, 0.1) is 16.6 Å². The molecule has 0 spiro atoms. The van der Waals surface area contributed by atoms with Crippen molar-refractivity contribution in [3.63, 3.8) is 0 Å². The standard InChI is InChI=1S/C21H28N6O/c1-4-13-9-16-17(10-14(13)5-2)25-20(24-16)19-18(12(3)26-27-19)21(28)23-15-7-6-8-22-11-15/h9-10,15,22H,4-8,11H2,1-3H3,(H,23,28)(H,24,25)(H,26,27). The number of benzene rings is 1. The Balaban J connectivity index is 1.69.